The summed E-state index contributed by atoms with van der Waals surface area (Å²) in [6.07, 6.45) is 10.9. The fourth-order valence-electron chi connectivity index (χ4n) is 7.97. The number of nitrogens with zero attached hydrogens (tertiary/aromatic N) is 5. The van der Waals surface area contributed by atoms with Gasteiger partial charge in [0.1, 0.15) is 29.4 Å². The predicted octanol–water partition coefficient (Wildman–Crippen LogP) is 6.28. The van der Waals surface area contributed by atoms with Crippen molar-refractivity contribution in [2.75, 3.05) is 51.7 Å². The first-order chi connectivity index (χ1) is 22.5. The molecule has 4 aromatic rings. The SMILES string of the molecule is CCc1cccc2cc(OCOC)cc(-c3ncc4c(N5CCCCCC5)nc(OC[C@@]56CCCN5[C@H](CO)CC6)nc4c3F)c12. The highest BCUT2D eigenvalue weighted by molar-refractivity contribution is 6.01. The molecule has 5 heterocycles. The average molecular weight is 630 g/mol. The number of aromatic nitrogens is 3. The Balaban J connectivity index is 1.35. The van der Waals surface area contributed by atoms with Gasteiger partial charge in [0.05, 0.1) is 17.5 Å². The number of methoxy groups -OCH3 is 1. The monoisotopic (exact) mass is 629 g/mol. The second kappa shape index (κ2) is 13.3. The fraction of sp³-hybridized carbons (Fsp3) is 0.528. The molecule has 2 aromatic heterocycles. The van der Waals surface area contributed by atoms with E-state index in [1.807, 2.05) is 24.3 Å². The molecule has 0 saturated carbocycles. The molecule has 10 heteroatoms. The van der Waals surface area contributed by atoms with Crippen LogP contribution in [0.25, 0.3) is 32.9 Å². The highest BCUT2D eigenvalue weighted by Crippen LogP contribution is 2.43. The molecule has 0 aliphatic carbocycles. The second-order valence-electron chi connectivity index (χ2n) is 13.0. The summed E-state index contributed by atoms with van der Waals surface area (Å²) in [6.45, 7) is 5.38. The largest absolute Gasteiger partial charge is 0.468 e. The number of anilines is 1. The number of rotatable bonds is 10. The van der Waals surface area contributed by atoms with E-state index in [1.165, 1.54) is 12.8 Å². The number of pyridine rings is 1. The average Bonchev–Trinajstić information content (AvgIpc) is 3.53. The molecule has 9 nitrogen and oxygen atoms in total. The number of fused-ring (bicyclic) bond motifs is 3. The van der Waals surface area contributed by atoms with Gasteiger partial charge in [-0.25, -0.2) is 4.39 Å². The van der Waals surface area contributed by atoms with Gasteiger partial charge >= 0.3 is 6.01 Å². The lowest BCUT2D eigenvalue weighted by Crippen LogP contribution is -2.47. The lowest BCUT2D eigenvalue weighted by atomic mass is 9.95. The van der Waals surface area contributed by atoms with Crippen molar-refractivity contribution in [3.63, 3.8) is 0 Å². The number of benzene rings is 2. The van der Waals surface area contributed by atoms with Gasteiger partial charge in [0.25, 0.3) is 0 Å². The zero-order valence-corrected chi connectivity index (χ0v) is 26.9. The van der Waals surface area contributed by atoms with E-state index in [1.54, 1.807) is 13.3 Å². The van der Waals surface area contributed by atoms with Crippen molar-refractivity contribution < 1.29 is 23.7 Å². The smallest absolute Gasteiger partial charge is 0.319 e. The lowest BCUT2D eigenvalue weighted by molar-refractivity contribution is 0.0512. The van der Waals surface area contributed by atoms with Gasteiger partial charge in [0, 0.05) is 38.0 Å². The van der Waals surface area contributed by atoms with E-state index in [9.17, 15) is 5.11 Å². The normalized spacial score (nSPS) is 22.0. The molecular weight excluding hydrogens is 585 g/mol. The molecule has 0 bridgehead atoms. The number of halogens is 1. The molecule has 0 amide bonds. The molecule has 3 aliphatic rings. The van der Waals surface area contributed by atoms with E-state index < -0.39 is 5.82 Å². The van der Waals surface area contributed by atoms with E-state index in [-0.39, 0.29) is 42.2 Å². The van der Waals surface area contributed by atoms with Gasteiger partial charge in [-0.15, -0.1) is 0 Å². The molecule has 2 atom stereocenters. The Morgan fingerprint density at radius 2 is 1.87 bits per heavy atom. The van der Waals surface area contributed by atoms with E-state index >= 15 is 4.39 Å². The topological polar surface area (TPSA) is 93.1 Å². The summed E-state index contributed by atoms with van der Waals surface area (Å²) in [7, 11) is 1.57. The minimum Gasteiger partial charge on any atom is -0.468 e. The van der Waals surface area contributed by atoms with Gasteiger partial charge in [-0.05, 0) is 80.0 Å². The second-order valence-corrected chi connectivity index (χ2v) is 13.0. The van der Waals surface area contributed by atoms with E-state index in [4.69, 9.17) is 29.2 Å². The summed E-state index contributed by atoms with van der Waals surface area (Å²) < 4.78 is 34.5. The van der Waals surface area contributed by atoms with Gasteiger partial charge in [0.2, 0.25) is 0 Å². The molecule has 0 spiro atoms. The summed E-state index contributed by atoms with van der Waals surface area (Å²) in [6, 6.07) is 10.2. The quantitative estimate of drug-likeness (QED) is 0.204. The van der Waals surface area contributed by atoms with E-state index in [2.05, 4.69) is 22.8 Å². The summed E-state index contributed by atoms with van der Waals surface area (Å²) in [5.74, 6) is 0.754. The zero-order chi connectivity index (χ0) is 31.7. The number of hydrogen-bond acceptors (Lipinski definition) is 9. The van der Waals surface area contributed by atoms with Crippen LogP contribution >= 0.6 is 0 Å². The van der Waals surface area contributed by atoms with Crippen molar-refractivity contribution in [1.29, 1.82) is 0 Å². The molecule has 244 valence electrons. The number of aryl methyl sites for hydroxylation is 1. The first-order valence-electron chi connectivity index (χ1n) is 16.8. The third-order valence-corrected chi connectivity index (χ3v) is 10.3. The number of aliphatic hydroxyl groups excluding tert-OH is 1. The van der Waals surface area contributed by atoms with Crippen LogP contribution in [0.1, 0.15) is 63.9 Å². The van der Waals surface area contributed by atoms with Crippen LogP contribution in [-0.4, -0.2) is 83.3 Å². The molecule has 7 rings (SSSR count). The number of ether oxygens (including phenoxy) is 3. The summed E-state index contributed by atoms with van der Waals surface area (Å²) in [5, 5.41) is 12.4. The first-order valence-corrected chi connectivity index (χ1v) is 16.8. The maximum absolute atomic E-state index is 17.0. The van der Waals surface area contributed by atoms with Crippen LogP contribution < -0.4 is 14.4 Å². The van der Waals surface area contributed by atoms with Crippen molar-refractivity contribution in [3.8, 4) is 23.0 Å². The highest BCUT2D eigenvalue weighted by Gasteiger charge is 2.49. The molecule has 2 aromatic carbocycles. The van der Waals surface area contributed by atoms with Gasteiger partial charge in [0.15, 0.2) is 12.6 Å². The van der Waals surface area contributed by atoms with Crippen molar-refractivity contribution >= 4 is 27.5 Å². The Kier molecular flexibility index (Phi) is 8.94. The number of aliphatic hydroxyl groups is 1. The van der Waals surface area contributed by atoms with Crippen LogP contribution in [0.5, 0.6) is 11.8 Å². The zero-order valence-electron chi connectivity index (χ0n) is 26.9. The third kappa shape index (κ3) is 5.65. The summed E-state index contributed by atoms with van der Waals surface area (Å²) in [5.41, 5.74) is 2.03. The standard InChI is InChI=1S/C36H44FN5O4/c1-3-24-10-8-11-25-18-27(46-23-44-2)19-28(30(24)25)32-31(37)33-29(20-38-32)34(41-15-6-4-5-7-16-41)40-35(39-33)45-22-36-13-9-17-42(36)26(21-43)12-14-36/h8,10-11,18-20,26,43H,3-7,9,12-17,21-23H2,1-2H3/t26-,36-/m0/s1. The number of hydrogen-bond donors (Lipinski definition) is 1. The Morgan fingerprint density at radius 1 is 1.02 bits per heavy atom. The Bertz CT molecular complexity index is 1710. The minimum atomic E-state index is -0.501. The molecule has 46 heavy (non-hydrogen) atoms. The molecular formula is C36H44FN5O4. The van der Waals surface area contributed by atoms with Crippen molar-refractivity contribution in [3.05, 3.63) is 47.9 Å². The van der Waals surface area contributed by atoms with Crippen LogP contribution in [0, 0.1) is 5.82 Å². The van der Waals surface area contributed by atoms with Crippen molar-refractivity contribution in [2.24, 2.45) is 0 Å². The fourth-order valence-corrected chi connectivity index (χ4v) is 7.97. The minimum absolute atomic E-state index is 0.0805. The molecule has 1 N–H and O–H groups in total. The Labute approximate surface area is 269 Å². The van der Waals surface area contributed by atoms with Crippen molar-refractivity contribution in [2.45, 2.75) is 76.3 Å². The molecule has 3 aliphatic heterocycles. The van der Waals surface area contributed by atoms with Crippen LogP contribution in [0.3, 0.4) is 0 Å². The van der Waals surface area contributed by atoms with Gasteiger partial charge < -0.3 is 24.2 Å². The van der Waals surface area contributed by atoms with Crippen LogP contribution in [0.15, 0.2) is 36.5 Å². The van der Waals surface area contributed by atoms with Crippen LogP contribution in [0.2, 0.25) is 0 Å². The molecule has 0 radical (unpaired) electrons. The highest BCUT2D eigenvalue weighted by atomic mass is 19.1. The summed E-state index contributed by atoms with van der Waals surface area (Å²) >= 11 is 0. The van der Waals surface area contributed by atoms with Crippen molar-refractivity contribution in [1.82, 2.24) is 19.9 Å². The van der Waals surface area contributed by atoms with Gasteiger partial charge in [-0.1, -0.05) is 38.0 Å². The van der Waals surface area contributed by atoms with E-state index in [0.29, 0.717) is 29.1 Å². The first kappa shape index (κ1) is 31.0. The molecule has 0 unspecified atom stereocenters. The lowest BCUT2D eigenvalue weighted by Gasteiger charge is -2.34. The molecule has 3 fully saturated rings. The predicted molar refractivity (Wildman–Crippen MR) is 177 cm³/mol. The van der Waals surface area contributed by atoms with Gasteiger partial charge in [-0.3, -0.25) is 9.88 Å². The maximum atomic E-state index is 17.0. The Hall–Kier alpha value is -3.60. The maximum Gasteiger partial charge on any atom is 0.319 e. The Morgan fingerprint density at radius 3 is 2.65 bits per heavy atom. The van der Waals surface area contributed by atoms with Crippen LogP contribution in [-0.2, 0) is 11.2 Å². The summed E-state index contributed by atoms with van der Waals surface area (Å²) in [4.78, 5) is 19.1. The molecule has 3 saturated heterocycles. The van der Waals surface area contributed by atoms with E-state index in [0.717, 1.165) is 80.9 Å². The third-order valence-electron chi connectivity index (χ3n) is 10.3. The van der Waals surface area contributed by atoms with Crippen LogP contribution in [0.4, 0.5) is 10.2 Å². The van der Waals surface area contributed by atoms with Gasteiger partial charge in [-0.2, -0.15) is 9.97 Å².